The molecule has 5 heteroatoms. The van der Waals surface area contributed by atoms with Crippen molar-refractivity contribution in [2.24, 2.45) is 21.1 Å². The second-order valence-electron chi connectivity index (χ2n) is 8.74. The third-order valence-corrected chi connectivity index (χ3v) is 7.20. The zero-order valence-corrected chi connectivity index (χ0v) is 17.5. The Balaban J connectivity index is 1.64. The minimum Gasteiger partial charge on any atom is -0.382 e. The number of nitrogens with zero attached hydrogens (tertiary/aromatic N) is 3. The molecular weight excluding hydrogens is 372 g/mol. The largest absolute Gasteiger partial charge is 0.382 e. The molecule has 0 amide bonds. The number of rotatable bonds is 2. The molecule has 0 radical (unpaired) electrons. The molecule has 1 saturated carbocycles. The third kappa shape index (κ3) is 2.64. The molecule has 2 spiro atoms. The smallest absolute Gasteiger partial charge is 0.184 e. The molecule has 2 N–H and O–H groups in total. The molecule has 3 aliphatic rings. The summed E-state index contributed by atoms with van der Waals surface area (Å²) in [5.74, 6) is 3.22. The molecule has 2 aromatic rings. The molecule has 1 aromatic heterocycles. The van der Waals surface area contributed by atoms with Gasteiger partial charge in [-0.2, -0.15) is 0 Å². The number of ether oxygens (including phenoxy) is 1. The van der Waals surface area contributed by atoms with Gasteiger partial charge in [-0.3, -0.25) is 9.98 Å². The van der Waals surface area contributed by atoms with Gasteiger partial charge in [0, 0.05) is 41.6 Å². The van der Waals surface area contributed by atoms with Crippen LogP contribution < -0.4 is 5.73 Å². The van der Waals surface area contributed by atoms with Crippen LogP contribution in [0.4, 0.5) is 0 Å². The zero-order chi connectivity index (χ0) is 20.9. The molecule has 1 aromatic carbocycles. The van der Waals surface area contributed by atoms with E-state index in [1.54, 1.807) is 13.3 Å². The van der Waals surface area contributed by atoms with Gasteiger partial charge < -0.3 is 10.5 Å². The van der Waals surface area contributed by atoms with Gasteiger partial charge in [-0.1, -0.05) is 18.1 Å². The van der Waals surface area contributed by atoms with Crippen LogP contribution in [0.15, 0.2) is 46.6 Å². The molecule has 5 rings (SSSR count). The summed E-state index contributed by atoms with van der Waals surface area (Å²) in [6, 6.07) is 8.60. The molecule has 0 unspecified atom stereocenters. The minimum atomic E-state index is -0.637. The molecule has 1 fully saturated rings. The van der Waals surface area contributed by atoms with Crippen molar-refractivity contribution in [3.63, 3.8) is 0 Å². The number of pyridine rings is 1. The first-order valence-corrected chi connectivity index (χ1v) is 10.5. The lowest BCUT2D eigenvalue weighted by atomic mass is 9.65. The topological polar surface area (TPSA) is 72.9 Å². The molecule has 152 valence electrons. The molecule has 0 bridgehead atoms. The standard InChI is InChI=1S/C25H26N4O/c1-4-17-11-20(15-27-14-17)18-5-6-19-13-24(9-7-21(30-3)8-10-24)25(22(19)12-18)28-16(2)23(26)29-25/h1,5-6,11-12,14-15,21H,7-10,13H2,2-3H3,(H2,26,29)/t21-,24-,25-/m0/s1. The quantitative estimate of drug-likeness (QED) is 0.781. The highest BCUT2D eigenvalue weighted by Gasteiger charge is 2.60. The Labute approximate surface area is 177 Å². The maximum atomic E-state index is 6.28. The summed E-state index contributed by atoms with van der Waals surface area (Å²) in [5, 5.41) is 0. The monoisotopic (exact) mass is 398 g/mol. The van der Waals surface area contributed by atoms with Gasteiger partial charge in [0.05, 0.1) is 11.8 Å². The average Bonchev–Trinajstić information content (AvgIpc) is 3.22. The molecular formula is C25H26N4O. The van der Waals surface area contributed by atoms with Crippen LogP contribution in [0.3, 0.4) is 0 Å². The lowest BCUT2D eigenvalue weighted by Crippen LogP contribution is -2.43. The highest BCUT2D eigenvalue weighted by atomic mass is 16.5. The van der Waals surface area contributed by atoms with Crippen LogP contribution in [-0.4, -0.2) is 29.7 Å². The van der Waals surface area contributed by atoms with Crippen molar-refractivity contribution in [1.29, 1.82) is 0 Å². The number of nitrogens with two attached hydrogens (primary N) is 1. The van der Waals surface area contributed by atoms with Crippen molar-refractivity contribution in [2.45, 2.75) is 50.8 Å². The summed E-state index contributed by atoms with van der Waals surface area (Å²) in [7, 11) is 1.81. The van der Waals surface area contributed by atoms with E-state index in [2.05, 4.69) is 29.1 Å². The first kappa shape index (κ1) is 19.0. The fourth-order valence-corrected chi connectivity index (χ4v) is 5.53. The van der Waals surface area contributed by atoms with Crippen LogP contribution in [-0.2, 0) is 16.8 Å². The molecule has 1 atom stereocenters. The maximum absolute atomic E-state index is 6.28. The van der Waals surface area contributed by atoms with E-state index in [4.69, 9.17) is 26.9 Å². The first-order chi connectivity index (χ1) is 14.5. The molecule has 2 heterocycles. The van der Waals surface area contributed by atoms with Crippen LogP contribution >= 0.6 is 0 Å². The summed E-state index contributed by atoms with van der Waals surface area (Å²) < 4.78 is 5.64. The van der Waals surface area contributed by atoms with Gasteiger partial charge in [0.2, 0.25) is 0 Å². The zero-order valence-electron chi connectivity index (χ0n) is 17.5. The lowest BCUT2D eigenvalue weighted by molar-refractivity contribution is -0.000372. The number of benzene rings is 1. The van der Waals surface area contributed by atoms with E-state index >= 15 is 0 Å². The second-order valence-corrected chi connectivity index (χ2v) is 8.74. The Bertz CT molecular complexity index is 1100. The van der Waals surface area contributed by atoms with E-state index in [0.717, 1.165) is 54.5 Å². The predicted molar refractivity (Wildman–Crippen MR) is 119 cm³/mol. The van der Waals surface area contributed by atoms with Crippen molar-refractivity contribution in [1.82, 2.24) is 4.98 Å². The van der Waals surface area contributed by atoms with Crippen molar-refractivity contribution in [2.75, 3.05) is 7.11 Å². The fraction of sp³-hybridized carbons (Fsp3) is 0.400. The van der Waals surface area contributed by atoms with Crippen LogP contribution in [0.25, 0.3) is 11.1 Å². The number of aliphatic imine (C=N–C) groups is 2. The highest BCUT2D eigenvalue weighted by Crippen LogP contribution is 2.62. The van der Waals surface area contributed by atoms with E-state index in [-0.39, 0.29) is 5.41 Å². The minimum absolute atomic E-state index is 0.0513. The first-order valence-electron chi connectivity index (χ1n) is 10.5. The molecule has 1 aliphatic heterocycles. The van der Waals surface area contributed by atoms with E-state index in [1.165, 1.54) is 11.1 Å². The molecule has 0 saturated heterocycles. The van der Waals surface area contributed by atoms with Crippen LogP contribution in [0, 0.1) is 17.8 Å². The van der Waals surface area contributed by atoms with Gasteiger partial charge in [0.25, 0.3) is 0 Å². The van der Waals surface area contributed by atoms with Gasteiger partial charge in [-0.15, -0.1) is 6.42 Å². The van der Waals surface area contributed by atoms with Gasteiger partial charge in [-0.05, 0) is 62.3 Å². The molecule has 2 aliphatic carbocycles. The van der Waals surface area contributed by atoms with Gasteiger partial charge in [0.15, 0.2) is 5.66 Å². The van der Waals surface area contributed by atoms with Crippen LogP contribution in [0.5, 0.6) is 0 Å². The number of hydrogen-bond donors (Lipinski definition) is 1. The van der Waals surface area contributed by atoms with Gasteiger partial charge in [0.1, 0.15) is 5.84 Å². The number of methoxy groups -OCH3 is 1. The van der Waals surface area contributed by atoms with Crippen molar-refractivity contribution >= 4 is 11.5 Å². The number of fused-ring (bicyclic) bond motifs is 3. The predicted octanol–water partition coefficient (Wildman–Crippen LogP) is 3.85. The van der Waals surface area contributed by atoms with E-state index in [0.29, 0.717) is 11.9 Å². The van der Waals surface area contributed by atoms with E-state index < -0.39 is 5.66 Å². The molecule has 30 heavy (non-hydrogen) atoms. The van der Waals surface area contributed by atoms with Gasteiger partial charge >= 0.3 is 0 Å². The second kappa shape index (κ2) is 6.78. The Morgan fingerprint density at radius 2 is 1.93 bits per heavy atom. The summed E-state index contributed by atoms with van der Waals surface area (Å²) in [4.78, 5) is 14.5. The van der Waals surface area contributed by atoms with Crippen molar-refractivity contribution in [3.8, 4) is 23.5 Å². The Hall–Kier alpha value is -2.97. The summed E-state index contributed by atoms with van der Waals surface area (Å²) in [6.45, 7) is 1.96. The fourth-order valence-electron chi connectivity index (χ4n) is 5.53. The SMILES string of the molecule is C#Cc1cncc(-c2ccc3c(c2)[C@@]2(N=C(C)C(N)=N2)[C@]2(CC[C@H](OC)CC2)C3)c1. The van der Waals surface area contributed by atoms with Crippen molar-refractivity contribution < 1.29 is 4.74 Å². The maximum Gasteiger partial charge on any atom is 0.184 e. The van der Waals surface area contributed by atoms with E-state index in [9.17, 15) is 0 Å². The summed E-state index contributed by atoms with van der Waals surface area (Å²) in [5.41, 5.74) is 11.8. The number of amidine groups is 1. The average molecular weight is 399 g/mol. The lowest BCUT2D eigenvalue weighted by Gasteiger charge is -2.44. The Morgan fingerprint density at radius 3 is 2.60 bits per heavy atom. The number of hydrogen-bond acceptors (Lipinski definition) is 5. The normalized spacial score (nSPS) is 29.6. The van der Waals surface area contributed by atoms with Crippen LogP contribution in [0.1, 0.15) is 49.3 Å². The van der Waals surface area contributed by atoms with E-state index in [1.807, 2.05) is 19.2 Å². The summed E-state index contributed by atoms with van der Waals surface area (Å²) in [6.07, 6.45) is 14.5. The highest BCUT2D eigenvalue weighted by molar-refractivity contribution is 6.41. The Kier molecular flexibility index (Phi) is 4.30. The third-order valence-electron chi connectivity index (χ3n) is 7.20. The summed E-state index contributed by atoms with van der Waals surface area (Å²) >= 11 is 0. The number of terminal acetylenes is 1. The van der Waals surface area contributed by atoms with Crippen molar-refractivity contribution in [3.05, 3.63) is 53.3 Å². The molecule has 5 nitrogen and oxygen atoms in total. The number of aromatic nitrogens is 1. The van der Waals surface area contributed by atoms with Gasteiger partial charge in [-0.25, -0.2) is 4.99 Å². The Morgan fingerprint density at radius 1 is 1.13 bits per heavy atom. The van der Waals surface area contributed by atoms with Crippen LogP contribution in [0.2, 0.25) is 0 Å².